The van der Waals surface area contributed by atoms with Gasteiger partial charge < -0.3 is 4.55 Å². The lowest BCUT2D eigenvalue weighted by atomic mass is 9.95. The summed E-state index contributed by atoms with van der Waals surface area (Å²) in [5, 5.41) is 9.16. The Morgan fingerprint density at radius 1 is 1.43 bits per heavy atom. The lowest BCUT2D eigenvalue weighted by Gasteiger charge is -2.26. The molecule has 1 fully saturated rings. The van der Waals surface area contributed by atoms with Crippen LogP contribution in [0.5, 0.6) is 0 Å². The van der Waals surface area contributed by atoms with E-state index in [1.165, 1.54) is 6.07 Å². The second-order valence-electron chi connectivity index (χ2n) is 6.65. The summed E-state index contributed by atoms with van der Waals surface area (Å²) in [6.07, 6.45) is 1.59. The number of hydrogen-bond donors (Lipinski definition) is 1. The molecule has 0 unspecified atom stereocenters. The number of rotatable bonds is 4. The fourth-order valence-electron chi connectivity index (χ4n) is 2.17. The summed E-state index contributed by atoms with van der Waals surface area (Å²) in [5.74, 6) is -0.347. The highest BCUT2D eigenvalue weighted by Crippen LogP contribution is 2.47. The van der Waals surface area contributed by atoms with Crippen molar-refractivity contribution in [2.45, 2.75) is 56.7 Å². The molecule has 114 valence electrons. The summed E-state index contributed by atoms with van der Waals surface area (Å²) in [6.45, 7) is 7.39. The maximum absolute atomic E-state index is 14.3. The standard InChI is InChI=1S/C16H21FN2OS/c1-11(19-21(20)15(2,3)4)13-6-5-12(9-14(13)17)16(10-18)7-8-16/h5-6,9,11,19H,7-8H2,1-4H3/t11-,21+/m0/s1. The monoisotopic (exact) mass is 308 g/mol. The predicted octanol–water partition coefficient (Wildman–Crippen LogP) is 3.49. The van der Waals surface area contributed by atoms with Gasteiger partial charge in [0.25, 0.3) is 0 Å². The van der Waals surface area contributed by atoms with E-state index in [0.29, 0.717) is 5.56 Å². The molecule has 1 aliphatic carbocycles. The Balaban J connectivity index is 2.16. The lowest BCUT2D eigenvalue weighted by Crippen LogP contribution is -2.40. The minimum Gasteiger partial charge on any atom is -0.598 e. The fraction of sp³-hybridized carbons (Fsp3) is 0.562. The zero-order chi connectivity index (χ0) is 15.8. The highest BCUT2D eigenvalue weighted by atomic mass is 32.2. The first-order valence-corrected chi connectivity index (χ1v) is 8.24. The Morgan fingerprint density at radius 2 is 2.05 bits per heavy atom. The second kappa shape index (κ2) is 5.60. The van der Waals surface area contributed by atoms with E-state index >= 15 is 0 Å². The summed E-state index contributed by atoms with van der Waals surface area (Å²) in [4.78, 5) is 0. The molecule has 1 aromatic carbocycles. The van der Waals surface area contributed by atoms with Gasteiger partial charge in [-0.1, -0.05) is 12.1 Å². The molecule has 5 heteroatoms. The smallest absolute Gasteiger partial charge is 0.136 e. The van der Waals surface area contributed by atoms with Gasteiger partial charge in [0.05, 0.1) is 17.5 Å². The van der Waals surface area contributed by atoms with Crippen molar-refractivity contribution in [1.29, 1.82) is 5.26 Å². The summed E-state index contributed by atoms with van der Waals surface area (Å²) < 4.78 is 28.9. The molecule has 0 amide bonds. The van der Waals surface area contributed by atoms with Crippen LogP contribution < -0.4 is 4.72 Å². The molecule has 1 aromatic rings. The van der Waals surface area contributed by atoms with E-state index in [1.807, 2.05) is 26.8 Å². The Hall–Kier alpha value is -1.09. The maximum atomic E-state index is 14.3. The van der Waals surface area contributed by atoms with Gasteiger partial charge in [0.2, 0.25) is 0 Å². The summed E-state index contributed by atoms with van der Waals surface area (Å²) >= 11 is -1.26. The van der Waals surface area contributed by atoms with Gasteiger partial charge in [0.15, 0.2) is 0 Å². The van der Waals surface area contributed by atoms with Gasteiger partial charge >= 0.3 is 0 Å². The fourth-order valence-corrected chi connectivity index (χ4v) is 2.97. The number of nitrogens with one attached hydrogen (secondary N) is 1. The molecule has 1 saturated carbocycles. The highest BCUT2D eigenvalue weighted by Gasteiger charge is 2.45. The number of nitrogens with zero attached hydrogens (tertiary/aromatic N) is 1. The van der Waals surface area contributed by atoms with Crippen LogP contribution in [0.1, 0.15) is 57.7 Å². The Kier molecular flexibility index (Phi) is 4.34. The molecule has 2 rings (SSSR count). The van der Waals surface area contributed by atoms with Crippen molar-refractivity contribution in [2.24, 2.45) is 0 Å². The first kappa shape index (κ1) is 16.3. The SMILES string of the molecule is C[C@H](N[S@+]([O-])C(C)(C)C)c1ccc(C2(C#N)CC2)cc1F. The molecule has 0 heterocycles. The van der Waals surface area contributed by atoms with Gasteiger partial charge in [-0.3, -0.25) is 0 Å². The predicted molar refractivity (Wildman–Crippen MR) is 82.4 cm³/mol. The van der Waals surface area contributed by atoms with Crippen molar-refractivity contribution >= 4 is 11.4 Å². The van der Waals surface area contributed by atoms with Crippen LogP contribution >= 0.6 is 0 Å². The third kappa shape index (κ3) is 3.39. The normalized spacial score (nSPS) is 19.7. The van der Waals surface area contributed by atoms with E-state index in [0.717, 1.165) is 18.4 Å². The highest BCUT2D eigenvalue weighted by molar-refractivity contribution is 7.90. The van der Waals surface area contributed by atoms with Crippen LogP contribution in [0.4, 0.5) is 4.39 Å². The van der Waals surface area contributed by atoms with Crippen LogP contribution in [0.2, 0.25) is 0 Å². The first-order valence-electron chi connectivity index (χ1n) is 7.09. The zero-order valence-corrected chi connectivity index (χ0v) is 13.7. The summed E-state index contributed by atoms with van der Waals surface area (Å²) in [5.41, 5.74) is 0.741. The van der Waals surface area contributed by atoms with Crippen LogP contribution in [0, 0.1) is 17.1 Å². The molecule has 0 radical (unpaired) electrons. The van der Waals surface area contributed by atoms with Crippen LogP contribution in [0.3, 0.4) is 0 Å². The molecule has 0 bridgehead atoms. The van der Waals surface area contributed by atoms with Gasteiger partial charge in [0, 0.05) is 16.9 Å². The zero-order valence-electron chi connectivity index (χ0n) is 12.9. The van der Waals surface area contributed by atoms with Crippen molar-refractivity contribution in [3.63, 3.8) is 0 Å². The van der Waals surface area contributed by atoms with Gasteiger partial charge in [-0.15, -0.1) is 4.72 Å². The lowest BCUT2D eigenvalue weighted by molar-refractivity contribution is 0.522. The molecule has 21 heavy (non-hydrogen) atoms. The minimum absolute atomic E-state index is 0.347. The van der Waals surface area contributed by atoms with Crippen molar-refractivity contribution in [3.8, 4) is 6.07 Å². The van der Waals surface area contributed by atoms with Crippen LogP contribution in [0.15, 0.2) is 18.2 Å². The molecule has 1 aliphatic rings. The van der Waals surface area contributed by atoms with E-state index in [-0.39, 0.29) is 11.9 Å². The average molecular weight is 308 g/mol. The Morgan fingerprint density at radius 3 is 2.48 bits per heavy atom. The molecular weight excluding hydrogens is 287 g/mol. The summed E-state index contributed by atoms with van der Waals surface area (Å²) in [6, 6.07) is 6.87. The van der Waals surface area contributed by atoms with Crippen molar-refractivity contribution in [2.75, 3.05) is 0 Å². The third-order valence-corrected chi connectivity index (χ3v) is 5.50. The number of halogens is 1. The molecule has 2 atom stereocenters. The maximum Gasteiger partial charge on any atom is 0.136 e. The number of hydrogen-bond acceptors (Lipinski definition) is 3. The van der Waals surface area contributed by atoms with Gasteiger partial charge in [-0.05, 0) is 52.2 Å². The molecule has 0 aromatic heterocycles. The minimum atomic E-state index is -1.26. The van der Waals surface area contributed by atoms with Crippen LogP contribution in [-0.2, 0) is 16.8 Å². The molecule has 0 saturated heterocycles. The quantitative estimate of drug-likeness (QED) is 0.866. The number of nitriles is 1. The first-order chi connectivity index (χ1) is 9.69. The summed E-state index contributed by atoms with van der Waals surface area (Å²) in [7, 11) is 0. The number of benzene rings is 1. The van der Waals surface area contributed by atoms with E-state index in [9.17, 15) is 8.94 Å². The average Bonchev–Trinajstić information content (AvgIpc) is 3.18. The largest absolute Gasteiger partial charge is 0.598 e. The van der Waals surface area contributed by atoms with Crippen molar-refractivity contribution < 1.29 is 8.94 Å². The Labute approximate surface area is 128 Å². The molecule has 0 aliphatic heterocycles. The van der Waals surface area contributed by atoms with Crippen molar-refractivity contribution in [3.05, 3.63) is 35.1 Å². The van der Waals surface area contributed by atoms with Crippen LogP contribution in [0.25, 0.3) is 0 Å². The Bertz CT molecular complexity index is 573. The topological polar surface area (TPSA) is 58.9 Å². The van der Waals surface area contributed by atoms with E-state index in [1.54, 1.807) is 13.0 Å². The van der Waals surface area contributed by atoms with Gasteiger partial charge in [-0.25, -0.2) is 4.39 Å². The second-order valence-corrected chi connectivity index (χ2v) is 8.65. The molecular formula is C16H21FN2OS. The van der Waals surface area contributed by atoms with Gasteiger partial charge in [0.1, 0.15) is 10.6 Å². The van der Waals surface area contributed by atoms with Crippen LogP contribution in [-0.4, -0.2) is 9.30 Å². The third-order valence-electron chi connectivity index (χ3n) is 3.82. The van der Waals surface area contributed by atoms with E-state index < -0.39 is 21.5 Å². The molecule has 0 spiro atoms. The van der Waals surface area contributed by atoms with E-state index in [2.05, 4.69) is 10.8 Å². The van der Waals surface area contributed by atoms with E-state index in [4.69, 9.17) is 5.26 Å². The van der Waals surface area contributed by atoms with Crippen molar-refractivity contribution in [1.82, 2.24) is 4.72 Å². The molecule has 1 N–H and O–H groups in total. The van der Waals surface area contributed by atoms with Gasteiger partial charge in [-0.2, -0.15) is 5.26 Å². The molecule has 3 nitrogen and oxygen atoms in total.